The van der Waals surface area contributed by atoms with E-state index < -0.39 is 26.5 Å². The van der Waals surface area contributed by atoms with Gasteiger partial charge in [-0.2, -0.15) is 0 Å². The number of phosphoric ester groups is 1. The second-order valence-corrected chi connectivity index (χ2v) is 15.1. The normalized spacial score (nSPS) is 13.5. The van der Waals surface area contributed by atoms with Crippen molar-refractivity contribution < 1.29 is 37.9 Å². The fraction of sp³-hybridized carbons (Fsp3) is 0.897. The molecule has 0 heterocycles. The summed E-state index contributed by atoms with van der Waals surface area (Å²) in [6.07, 6.45) is 35.7. The molecule has 290 valence electrons. The van der Waals surface area contributed by atoms with Gasteiger partial charge in [-0.15, -0.1) is 0 Å². The van der Waals surface area contributed by atoms with Gasteiger partial charge in [0.05, 0.1) is 13.2 Å². The Morgan fingerprint density at radius 2 is 1.04 bits per heavy atom. The largest absolute Gasteiger partial charge is 0.472 e. The van der Waals surface area contributed by atoms with Crippen molar-refractivity contribution in [2.75, 3.05) is 26.4 Å². The summed E-state index contributed by atoms with van der Waals surface area (Å²) in [5.41, 5.74) is 0. The molecule has 0 aromatic carbocycles. The Labute approximate surface area is 300 Å². The van der Waals surface area contributed by atoms with E-state index in [0.717, 1.165) is 51.4 Å². The molecular formula is C39H76NO8P. The van der Waals surface area contributed by atoms with Gasteiger partial charge in [0.1, 0.15) is 12.7 Å². The number of phosphoric acid groups is 1. The topological polar surface area (TPSA) is 131 Å². The van der Waals surface area contributed by atoms with Crippen molar-refractivity contribution in [3.8, 4) is 0 Å². The van der Waals surface area contributed by atoms with E-state index in [9.17, 15) is 24.2 Å². The minimum Gasteiger partial charge on any atom is -0.463 e. The van der Waals surface area contributed by atoms with Gasteiger partial charge in [-0.3, -0.25) is 18.6 Å². The monoisotopic (exact) mass is 718 g/mol. The smallest absolute Gasteiger partial charge is 0.463 e. The molecule has 0 bridgehead atoms. The maximum Gasteiger partial charge on any atom is 0.472 e. The van der Waals surface area contributed by atoms with E-state index in [1.54, 1.807) is 0 Å². The van der Waals surface area contributed by atoms with Crippen molar-refractivity contribution in [1.29, 1.82) is 0 Å². The molecule has 0 aliphatic rings. The molecule has 0 spiro atoms. The average Bonchev–Trinajstić information content (AvgIpc) is 3.08. The zero-order valence-electron chi connectivity index (χ0n) is 31.7. The second kappa shape index (κ2) is 36.5. The van der Waals surface area contributed by atoms with Gasteiger partial charge in [0.15, 0.2) is 0 Å². The number of aliphatic hydroxyl groups is 1. The van der Waals surface area contributed by atoms with Gasteiger partial charge in [-0.25, -0.2) is 4.57 Å². The molecule has 2 atom stereocenters. The number of carbonyl (C=O) groups is 2. The van der Waals surface area contributed by atoms with Gasteiger partial charge in [-0.05, 0) is 38.5 Å². The molecule has 10 heteroatoms. The first-order valence-electron chi connectivity index (χ1n) is 20.2. The minimum absolute atomic E-state index is 0.0802. The summed E-state index contributed by atoms with van der Waals surface area (Å²) in [6, 6.07) is 0. The molecule has 0 fully saturated rings. The second-order valence-electron chi connectivity index (χ2n) is 13.6. The van der Waals surface area contributed by atoms with Gasteiger partial charge in [0, 0.05) is 19.4 Å². The summed E-state index contributed by atoms with van der Waals surface area (Å²) < 4.78 is 26.8. The molecule has 0 aliphatic carbocycles. The predicted octanol–water partition coefficient (Wildman–Crippen LogP) is 10.7. The number of carbonyl (C=O) groups excluding carboxylic acids is 2. The maximum atomic E-state index is 12.1. The third-order valence-electron chi connectivity index (χ3n) is 8.70. The highest BCUT2D eigenvalue weighted by molar-refractivity contribution is 7.47. The molecule has 0 aromatic heterocycles. The Bertz CT molecular complexity index is 825. The molecule has 9 nitrogen and oxygen atoms in total. The van der Waals surface area contributed by atoms with Crippen LogP contribution in [0.2, 0.25) is 0 Å². The van der Waals surface area contributed by atoms with Crippen molar-refractivity contribution in [3.05, 3.63) is 12.2 Å². The Kier molecular flexibility index (Phi) is 35.6. The predicted molar refractivity (Wildman–Crippen MR) is 201 cm³/mol. The van der Waals surface area contributed by atoms with Gasteiger partial charge in [0.2, 0.25) is 5.91 Å². The van der Waals surface area contributed by atoms with Crippen molar-refractivity contribution in [1.82, 2.24) is 5.32 Å². The maximum absolute atomic E-state index is 12.1. The Morgan fingerprint density at radius 3 is 1.57 bits per heavy atom. The first-order chi connectivity index (χ1) is 23.8. The molecule has 49 heavy (non-hydrogen) atoms. The van der Waals surface area contributed by atoms with E-state index in [-0.39, 0.29) is 32.1 Å². The van der Waals surface area contributed by atoms with Crippen LogP contribution in [0.5, 0.6) is 0 Å². The zero-order valence-corrected chi connectivity index (χ0v) is 32.5. The van der Waals surface area contributed by atoms with E-state index in [1.807, 2.05) is 0 Å². The molecule has 0 aromatic rings. The summed E-state index contributed by atoms with van der Waals surface area (Å²) in [7, 11) is -4.41. The van der Waals surface area contributed by atoms with E-state index >= 15 is 0 Å². The highest BCUT2D eigenvalue weighted by Gasteiger charge is 2.23. The summed E-state index contributed by atoms with van der Waals surface area (Å²) >= 11 is 0. The fourth-order valence-electron chi connectivity index (χ4n) is 5.61. The van der Waals surface area contributed by atoms with Gasteiger partial charge >= 0.3 is 13.8 Å². The molecule has 0 radical (unpaired) electrons. The number of esters is 1. The lowest BCUT2D eigenvalue weighted by Gasteiger charge is -2.15. The number of ether oxygens (including phenoxy) is 1. The lowest BCUT2D eigenvalue weighted by Crippen LogP contribution is -2.27. The van der Waals surface area contributed by atoms with Crippen molar-refractivity contribution in [2.24, 2.45) is 0 Å². The van der Waals surface area contributed by atoms with E-state index in [1.165, 1.54) is 116 Å². The van der Waals surface area contributed by atoms with E-state index in [4.69, 9.17) is 13.8 Å². The van der Waals surface area contributed by atoms with Crippen LogP contribution in [-0.4, -0.2) is 54.3 Å². The average molecular weight is 718 g/mol. The number of hydrogen-bond acceptors (Lipinski definition) is 7. The number of unbranched alkanes of at least 4 members (excludes halogenated alkanes) is 23. The van der Waals surface area contributed by atoms with Crippen LogP contribution < -0.4 is 5.32 Å². The quantitative estimate of drug-likeness (QED) is 0.0249. The number of allylic oxidation sites excluding steroid dienone is 2. The van der Waals surface area contributed by atoms with Crippen LogP contribution in [0.4, 0.5) is 0 Å². The van der Waals surface area contributed by atoms with Crippen LogP contribution in [0.15, 0.2) is 12.2 Å². The zero-order chi connectivity index (χ0) is 36.1. The lowest BCUT2D eigenvalue weighted by molar-refractivity contribution is -0.147. The molecule has 2 unspecified atom stereocenters. The number of amides is 1. The Morgan fingerprint density at radius 1 is 0.612 bits per heavy atom. The number of hydrogen-bond donors (Lipinski definition) is 3. The minimum atomic E-state index is -4.41. The van der Waals surface area contributed by atoms with E-state index in [2.05, 4.69) is 31.3 Å². The highest BCUT2D eigenvalue weighted by Crippen LogP contribution is 2.42. The number of nitrogens with one attached hydrogen (secondary N) is 1. The van der Waals surface area contributed by atoms with Crippen LogP contribution in [0.25, 0.3) is 0 Å². The summed E-state index contributed by atoms with van der Waals surface area (Å²) in [5.74, 6) is -0.520. The molecule has 0 rings (SSSR count). The fourth-order valence-corrected chi connectivity index (χ4v) is 6.37. The standard InChI is InChI=1S/C39H76NO8P/c1-3-5-7-9-11-13-15-17-18-19-20-22-24-26-28-30-32-39(43)46-35-37(41)36-48-49(44,45)47-34-33-40-38(42)31-29-27-25-23-21-16-14-12-10-8-6-4-2/h12,14,37,41H,3-11,13,15-36H2,1-2H3,(H,40,42)(H,44,45)/b14-12-. The Balaban J connectivity index is 3.59. The molecular weight excluding hydrogens is 641 g/mol. The van der Waals surface area contributed by atoms with Gasteiger partial charge in [0.25, 0.3) is 0 Å². The van der Waals surface area contributed by atoms with Crippen LogP contribution in [-0.2, 0) is 27.9 Å². The summed E-state index contributed by atoms with van der Waals surface area (Å²) in [5, 5.41) is 12.7. The van der Waals surface area contributed by atoms with Crippen molar-refractivity contribution in [3.63, 3.8) is 0 Å². The van der Waals surface area contributed by atoms with Gasteiger partial charge in [-0.1, -0.05) is 154 Å². The third-order valence-corrected chi connectivity index (χ3v) is 9.68. The molecule has 3 N–H and O–H groups in total. The first-order valence-corrected chi connectivity index (χ1v) is 21.7. The summed E-state index contributed by atoms with van der Waals surface area (Å²) in [4.78, 5) is 33.8. The van der Waals surface area contributed by atoms with Crippen molar-refractivity contribution >= 4 is 19.7 Å². The van der Waals surface area contributed by atoms with E-state index in [0.29, 0.717) is 6.42 Å². The molecule has 1 amide bonds. The van der Waals surface area contributed by atoms with Gasteiger partial charge < -0.3 is 20.1 Å². The SMILES string of the molecule is CCCCC/C=C\CCCCCCCC(=O)NCCOP(=O)(O)OCC(O)COC(=O)CCCCCCCCCCCCCCCCCC. The van der Waals surface area contributed by atoms with Crippen LogP contribution in [0.3, 0.4) is 0 Å². The van der Waals surface area contributed by atoms with Crippen LogP contribution in [0.1, 0.15) is 194 Å². The summed E-state index contributed by atoms with van der Waals surface area (Å²) in [6.45, 7) is 3.53. The van der Waals surface area contributed by atoms with Crippen LogP contribution >= 0.6 is 7.82 Å². The molecule has 0 aliphatic heterocycles. The number of rotatable bonds is 38. The molecule has 0 saturated heterocycles. The van der Waals surface area contributed by atoms with Crippen LogP contribution in [0, 0.1) is 0 Å². The highest BCUT2D eigenvalue weighted by atomic mass is 31.2. The first kappa shape index (κ1) is 47.8. The third kappa shape index (κ3) is 37.8. The lowest BCUT2D eigenvalue weighted by atomic mass is 10.0. The number of aliphatic hydroxyl groups excluding tert-OH is 1. The Hall–Kier alpha value is -1.25. The molecule has 0 saturated carbocycles. The van der Waals surface area contributed by atoms with Crippen molar-refractivity contribution in [2.45, 2.75) is 200 Å².